The molecule has 0 spiro atoms. The van der Waals surface area contributed by atoms with E-state index in [4.69, 9.17) is 5.26 Å². The van der Waals surface area contributed by atoms with E-state index < -0.39 is 0 Å². The molecule has 4 nitrogen and oxygen atoms in total. The third-order valence-electron chi connectivity index (χ3n) is 2.58. The first-order valence-corrected chi connectivity index (χ1v) is 6.63. The van der Waals surface area contributed by atoms with Crippen molar-refractivity contribution in [2.45, 2.75) is 19.9 Å². The second-order valence-corrected chi connectivity index (χ2v) is 4.92. The van der Waals surface area contributed by atoms with Crippen molar-refractivity contribution in [2.75, 3.05) is 6.54 Å². The minimum Gasteiger partial charge on any atom is -0.308 e. The molecule has 0 aliphatic heterocycles. The van der Waals surface area contributed by atoms with Crippen molar-refractivity contribution in [2.24, 2.45) is 0 Å². The van der Waals surface area contributed by atoms with Gasteiger partial charge in [0.2, 0.25) is 0 Å². The number of rotatable bonds is 4. The van der Waals surface area contributed by atoms with E-state index in [2.05, 4.69) is 35.4 Å². The molecule has 0 fully saturated rings. The molecular formula is C13H14N4S. The topological polar surface area (TPSA) is 61.6 Å². The Balaban J connectivity index is 2.21. The van der Waals surface area contributed by atoms with Crippen molar-refractivity contribution in [1.82, 2.24) is 15.5 Å². The van der Waals surface area contributed by atoms with Crippen LogP contribution in [0.1, 0.15) is 30.5 Å². The number of aromatic nitrogens is 2. The average molecular weight is 258 g/mol. The Morgan fingerprint density at radius 1 is 1.33 bits per heavy atom. The zero-order chi connectivity index (χ0) is 13.0. The number of hydrogen-bond donors (Lipinski definition) is 1. The van der Waals surface area contributed by atoms with Gasteiger partial charge in [-0.1, -0.05) is 30.4 Å². The van der Waals surface area contributed by atoms with Gasteiger partial charge < -0.3 is 5.32 Å². The van der Waals surface area contributed by atoms with E-state index in [0.717, 1.165) is 22.1 Å². The van der Waals surface area contributed by atoms with Crippen LogP contribution in [0.15, 0.2) is 24.3 Å². The zero-order valence-electron chi connectivity index (χ0n) is 10.3. The number of hydrogen-bond acceptors (Lipinski definition) is 5. The highest BCUT2D eigenvalue weighted by Crippen LogP contribution is 2.26. The maximum Gasteiger partial charge on any atom is 0.147 e. The average Bonchev–Trinajstić information content (AvgIpc) is 2.89. The largest absolute Gasteiger partial charge is 0.308 e. The minimum absolute atomic E-state index is 0.222. The Kier molecular flexibility index (Phi) is 4.03. The Bertz CT molecular complexity index is 553. The van der Waals surface area contributed by atoms with Crippen LogP contribution in [0.5, 0.6) is 0 Å². The predicted molar refractivity (Wildman–Crippen MR) is 72.2 cm³/mol. The van der Waals surface area contributed by atoms with Gasteiger partial charge in [-0.05, 0) is 25.6 Å². The molecule has 0 aliphatic rings. The summed E-state index contributed by atoms with van der Waals surface area (Å²) in [6.45, 7) is 5.05. The predicted octanol–water partition coefficient (Wildman–Crippen LogP) is 2.75. The molecule has 5 heteroatoms. The van der Waals surface area contributed by atoms with E-state index in [0.29, 0.717) is 5.56 Å². The first kappa shape index (κ1) is 12.7. The van der Waals surface area contributed by atoms with Gasteiger partial charge >= 0.3 is 0 Å². The van der Waals surface area contributed by atoms with Gasteiger partial charge in [-0.25, -0.2) is 0 Å². The summed E-state index contributed by atoms with van der Waals surface area (Å²) in [4.78, 5) is 0. The lowest BCUT2D eigenvalue weighted by molar-refractivity contribution is 0.590. The third kappa shape index (κ3) is 2.73. The molecule has 1 aromatic heterocycles. The quantitative estimate of drug-likeness (QED) is 0.916. The standard InChI is InChI=1S/C13H14N4S/c1-3-15-9(2)12-16-17-13(18-12)11-6-4-10(8-14)5-7-11/h4-7,9,15H,3H2,1-2H3. The lowest BCUT2D eigenvalue weighted by Gasteiger charge is -2.06. The Labute approximate surface area is 110 Å². The van der Waals surface area contributed by atoms with Gasteiger partial charge in [0, 0.05) is 5.56 Å². The number of nitrogens with zero attached hydrogens (tertiary/aromatic N) is 3. The Morgan fingerprint density at radius 2 is 2.06 bits per heavy atom. The second-order valence-electron chi connectivity index (χ2n) is 3.91. The maximum absolute atomic E-state index is 8.75. The highest BCUT2D eigenvalue weighted by Gasteiger charge is 2.11. The molecule has 0 saturated heterocycles. The summed E-state index contributed by atoms with van der Waals surface area (Å²) in [6.07, 6.45) is 0. The first-order valence-electron chi connectivity index (χ1n) is 5.82. The fourth-order valence-electron chi connectivity index (χ4n) is 1.61. The van der Waals surface area contributed by atoms with Gasteiger partial charge in [-0.15, -0.1) is 10.2 Å². The van der Waals surface area contributed by atoms with Crippen molar-refractivity contribution in [3.05, 3.63) is 34.8 Å². The van der Waals surface area contributed by atoms with Crippen LogP contribution in [-0.2, 0) is 0 Å². The molecule has 0 saturated carbocycles. The smallest absolute Gasteiger partial charge is 0.147 e. The summed E-state index contributed by atoms with van der Waals surface area (Å²) in [5.41, 5.74) is 1.66. The molecule has 0 bridgehead atoms. The lowest BCUT2D eigenvalue weighted by Crippen LogP contribution is -2.17. The SMILES string of the molecule is CCNC(C)c1nnc(-c2ccc(C#N)cc2)s1. The minimum atomic E-state index is 0.222. The van der Waals surface area contributed by atoms with E-state index in [-0.39, 0.29) is 6.04 Å². The van der Waals surface area contributed by atoms with E-state index in [1.165, 1.54) is 0 Å². The fraction of sp³-hybridized carbons (Fsp3) is 0.308. The van der Waals surface area contributed by atoms with Crippen molar-refractivity contribution in [3.8, 4) is 16.6 Å². The van der Waals surface area contributed by atoms with Gasteiger partial charge in [0.15, 0.2) is 0 Å². The molecule has 1 N–H and O–H groups in total. The molecular weight excluding hydrogens is 244 g/mol. The van der Waals surface area contributed by atoms with Crippen LogP contribution in [0.4, 0.5) is 0 Å². The van der Waals surface area contributed by atoms with Gasteiger partial charge in [0.1, 0.15) is 10.0 Å². The van der Waals surface area contributed by atoms with Crippen LogP contribution < -0.4 is 5.32 Å². The molecule has 2 rings (SSSR count). The van der Waals surface area contributed by atoms with E-state index in [9.17, 15) is 0 Å². The molecule has 18 heavy (non-hydrogen) atoms. The van der Waals surface area contributed by atoms with Gasteiger partial charge in [-0.2, -0.15) is 5.26 Å². The summed E-state index contributed by atoms with van der Waals surface area (Å²) < 4.78 is 0. The Hall–Kier alpha value is -1.77. The second kappa shape index (κ2) is 5.71. The van der Waals surface area contributed by atoms with Crippen molar-refractivity contribution in [1.29, 1.82) is 5.26 Å². The monoisotopic (exact) mass is 258 g/mol. The molecule has 1 atom stereocenters. The molecule has 0 aliphatic carbocycles. The van der Waals surface area contributed by atoms with Crippen molar-refractivity contribution >= 4 is 11.3 Å². The zero-order valence-corrected chi connectivity index (χ0v) is 11.2. The van der Waals surface area contributed by atoms with Gasteiger partial charge in [-0.3, -0.25) is 0 Å². The van der Waals surface area contributed by atoms with Crippen molar-refractivity contribution in [3.63, 3.8) is 0 Å². The van der Waals surface area contributed by atoms with Crippen LogP contribution in [-0.4, -0.2) is 16.7 Å². The van der Waals surface area contributed by atoms with Crippen LogP contribution in [0, 0.1) is 11.3 Å². The van der Waals surface area contributed by atoms with E-state index >= 15 is 0 Å². The molecule has 0 radical (unpaired) electrons. The number of nitrogens with one attached hydrogen (secondary N) is 1. The van der Waals surface area contributed by atoms with Gasteiger partial charge in [0.05, 0.1) is 17.7 Å². The lowest BCUT2D eigenvalue weighted by atomic mass is 10.2. The first-order chi connectivity index (χ1) is 8.74. The van der Waals surface area contributed by atoms with Crippen LogP contribution in [0.3, 0.4) is 0 Å². The molecule has 2 aromatic rings. The van der Waals surface area contributed by atoms with Crippen LogP contribution >= 0.6 is 11.3 Å². The highest BCUT2D eigenvalue weighted by atomic mass is 32.1. The molecule has 92 valence electrons. The van der Waals surface area contributed by atoms with Crippen molar-refractivity contribution < 1.29 is 0 Å². The summed E-state index contributed by atoms with van der Waals surface area (Å²) in [5, 5.41) is 22.3. The summed E-state index contributed by atoms with van der Waals surface area (Å²) >= 11 is 1.58. The number of benzene rings is 1. The van der Waals surface area contributed by atoms with Crippen LogP contribution in [0.2, 0.25) is 0 Å². The van der Waals surface area contributed by atoms with Gasteiger partial charge in [0.25, 0.3) is 0 Å². The van der Waals surface area contributed by atoms with E-state index in [1.807, 2.05) is 12.1 Å². The Morgan fingerprint density at radius 3 is 2.67 bits per heavy atom. The fourth-order valence-corrected chi connectivity index (χ4v) is 2.48. The van der Waals surface area contributed by atoms with E-state index in [1.54, 1.807) is 23.5 Å². The molecule has 1 unspecified atom stereocenters. The maximum atomic E-state index is 8.75. The normalized spacial score (nSPS) is 12.1. The summed E-state index contributed by atoms with van der Waals surface area (Å²) in [7, 11) is 0. The number of nitriles is 1. The van der Waals surface area contributed by atoms with Crippen LogP contribution in [0.25, 0.3) is 10.6 Å². The molecule has 1 aromatic carbocycles. The molecule has 1 heterocycles. The highest BCUT2D eigenvalue weighted by molar-refractivity contribution is 7.14. The summed E-state index contributed by atoms with van der Waals surface area (Å²) in [6, 6.07) is 9.72. The third-order valence-corrected chi connectivity index (χ3v) is 3.74. The molecule has 0 amide bonds. The summed E-state index contributed by atoms with van der Waals surface area (Å²) in [5.74, 6) is 0.